The number of aromatic nitrogens is 1. The smallest absolute Gasteiger partial charge is 0.241 e. The molecule has 0 saturated carbocycles. The third-order valence-electron chi connectivity index (χ3n) is 4.14. The second kappa shape index (κ2) is 8.63. The van der Waals surface area contributed by atoms with Gasteiger partial charge >= 0.3 is 0 Å². The molecule has 12 nitrogen and oxygen atoms in total. The van der Waals surface area contributed by atoms with Crippen molar-refractivity contribution in [2.75, 3.05) is 19.8 Å². The molecule has 1 aliphatic heterocycles. The molecule has 0 bridgehead atoms. The van der Waals surface area contributed by atoms with E-state index in [0.717, 1.165) is 6.07 Å². The van der Waals surface area contributed by atoms with Crippen LogP contribution in [0, 0.1) is 0 Å². The molecule has 3 rings (SSSR count). The Morgan fingerprint density at radius 2 is 1.87 bits per heavy atom. The Hall–Kier alpha value is -2.62. The number of hydrogen-bond acceptors (Lipinski definition) is 10. The van der Waals surface area contributed by atoms with Crippen molar-refractivity contribution in [2.24, 2.45) is 31.8 Å². The highest BCUT2D eigenvalue weighted by atomic mass is 32.2. The zero-order chi connectivity index (χ0) is 21.9. The first-order chi connectivity index (χ1) is 14.2. The molecule has 7 N–H and O–H groups in total. The highest BCUT2D eigenvalue weighted by Crippen LogP contribution is 2.35. The molecule has 30 heavy (non-hydrogen) atoms. The van der Waals surface area contributed by atoms with E-state index in [9.17, 15) is 16.8 Å². The number of nitrogens with one attached hydrogen (secondary N) is 1. The Balaban J connectivity index is 2.40. The minimum absolute atomic E-state index is 0.0222. The Morgan fingerprint density at radius 3 is 2.47 bits per heavy atom. The van der Waals surface area contributed by atoms with Crippen molar-refractivity contribution in [2.45, 2.75) is 16.3 Å². The summed E-state index contributed by atoms with van der Waals surface area (Å²) in [5, 5.41) is 13.1. The van der Waals surface area contributed by atoms with Gasteiger partial charge in [-0.1, -0.05) is 6.07 Å². The lowest BCUT2D eigenvalue weighted by atomic mass is 9.99. The van der Waals surface area contributed by atoms with Crippen molar-refractivity contribution in [3.63, 3.8) is 0 Å². The van der Waals surface area contributed by atoms with Gasteiger partial charge in [0, 0.05) is 25.8 Å². The van der Waals surface area contributed by atoms with Crippen LogP contribution in [0.5, 0.6) is 0 Å². The maximum atomic E-state index is 12.8. The SMILES string of the molecule is NCCNS(=O)(=O)c1ccc(-c2ccnc(CN)c2)c(C2=NCN=N2)c1S(N)(=O)=O. The van der Waals surface area contributed by atoms with Crippen LogP contribution in [0.25, 0.3) is 11.1 Å². The number of azo groups is 1. The average Bonchev–Trinajstić information content (AvgIpc) is 3.25. The van der Waals surface area contributed by atoms with E-state index in [1.165, 1.54) is 12.3 Å². The topological polar surface area (TPSA) is 208 Å². The summed E-state index contributed by atoms with van der Waals surface area (Å²) < 4.78 is 52.9. The van der Waals surface area contributed by atoms with Gasteiger partial charge in [-0.3, -0.25) is 4.98 Å². The molecule has 0 fully saturated rings. The fraction of sp³-hybridized carbons (Fsp3) is 0.250. The van der Waals surface area contributed by atoms with Gasteiger partial charge in [-0.25, -0.2) is 31.7 Å². The minimum Gasteiger partial charge on any atom is -0.329 e. The second-order valence-electron chi connectivity index (χ2n) is 6.15. The van der Waals surface area contributed by atoms with Crippen LogP contribution in [0.15, 0.2) is 55.5 Å². The molecule has 1 aliphatic rings. The van der Waals surface area contributed by atoms with Crippen LogP contribution < -0.4 is 21.3 Å². The van der Waals surface area contributed by atoms with E-state index >= 15 is 0 Å². The maximum Gasteiger partial charge on any atom is 0.241 e. The van der Waals surface area contributed by atoms with Crippen molar-refractivity contribution in [1.29, 1.82) is 0 Å². The van der Waals surface area contributed by atoms with Crippen molar-refractivity contribution < 1.29 is 16.8 Å². The number of rotatable bonds is 8. The van der Waals surface area contributed by atoms with Gasteiger partial charge in [-0.15, -0.1) is 5.11 Å². The lowest BCUT2D eigenvalue weighted by Crippen LogP contribution is -2.31. The molecule has 0 radical (unpaired) electrons. The number of primary sulfonamides is 1. The summed E-state index contributed by atoms with van der Waals surface area (Å²) in [6.07, 6.45) is 1.50. The number of sulfonamides is 2. The Kier molecular flexibility index (Phi) is 6.35. The third kappa shape index (κ3) is 4.43. The lowest BCUT2D eigenvalue weighted by molar-refractivity contribution is 0.573. The van der Waals surface area contributed by atoms with Gasteiger partial charge in [0.15, 0.2) is 12.5 Å². The zero-order valence-corrected chi connectivity index (χ0v) is 17.3. The largest absolute Gasteiger partial charge is 0.329 e. The predicted octanol–water partition coefficient (Wildman–Crippen LogP) is -0.738. The van der Waals surface area contributed by atoms with Gasteiger partial charge < -0.3 is 11.5 Å². The van der Waals surface area contributed by atoms with E-state index in [-0.39, 0.29) is 37.7 Å². The van der Waals surface area contributed by atoms with E-state index in [0.29, 0.717) is 16.8 Å². The van der Waals surface area contributed by atoms with Crippen LogP contribution in [0.4, 0.5) is 0 Å². The monoisotopic (exact) mass is 452 g/mol. The van der Waals surface area contributed by atoms with E-state index in [1.54, 1.807) is 12.1 Å². The summed E-state index contributed by atoms with van der Waals surface area (Å²) in [6.45, 7) is 0.0655. The molecule has 0 unspecified atom stereocenters. The summed E-state index contributed by atoms with van der Waals surface area (Å²) in [6, 6.07) is 5.89. The number of nitrogens with zero attached hydrogens (tertiary/aromatic N) is 4. The molecule has 0 amide bonds. The van der Waals surface area contributed by atoms with Crippen LogP contribution in [-0.4, -0.2) is 47.4 Å². The summed E-state index contributed by atoms with van der Waals surface area (Å²) >= 11 is 0. The molecular formula is C16H20N8O4S2. The summed E-state index contributed by atoms with van der Waals surface area (Å²) in [5.41, 5.74) is 12.4. The van der Waals surface area contributed by atoms with Crippen molar-refractivity contribution in [3.8, 4) is 11.1 Å². The quantitative estimate of drug-likeness (QED) is 0.403. The highest BCUT2D eigenvalue weighted by molar-refractivity contribution is 7.92. The first-order valence-corrected chi connectivity index (χ1v) is 11.7. The molecule has 0 saturated heterocycles. The van der Waals surface area contributed by atoms with Gasteiger partial charge in [0.05, 0.1) is 11.3 Å². The predicted molar refractivity (Wildman–Crippen MR) is 109 cm³/mol. The van der Waals surface area contributed by atoms with Gasteiger partial charge in [0.1, 0.15) is 9.79 Å². The average molecular weight is 453 g/mol. The highest BCUT2D eigenvalue weighted by Gasteiger charge is 2.32. The van der Waals surface area contributed by atoms with Crippen LogP contribution in [-0.2, 0) is 26.6 Å². The molecule has 0 aliphatic carbocycles. The number of aliphatic imine (C=N–C) groups is 1. The molecule has 2 aromatic rings. The maximum absolute atomic E-state index is 12.8. The lowest BCUT2D eigenvalue weighted by Gasteiger charge is -2.17. The van der Waals surface area contributed by atoms with Crippen molar-refractivity contribution in [3.05, 3.63) is 41.7 Å². The number of amidine groups is 1. The standard InChI is InChI=1S/C16H20N8O4S2/c17-4-6-23-30(27,28)13-2-1-12(10-3-5-20-11(7-10)8-18)14(15(13)29(19,25)26)16-21-9-22-24-16/h1-3,5,7,23H,4,6,8-9,17-18H2,(H2,19,25,26). The van der Waals surface area contributed by atoms with Crippen LogP contribution in [0.2, 0.25) is 0 Å². The van der Waals surface area contributed by atoms with Crippen LogP contribution >= 0.6 is 0 Å². The third-order valence-corrected chi connectivity index (χ3v) is 6.77. The molecular weight excluding hydrogens is 432 g/mol. The first-order valence-electron chi connectivity index (χ1n) is 8.66. The Morgan fingerprint density at radius 1 is 1.10 bits per heavy atom. The number of benzene rings is 1. The van der Waals surface area contributed by atoms with E-state index in [2.05, 4.69) is 24.9 Å². The molecule has 2 heterocycles. The summed E-state index contributed by atoms with van der Waals surface area (Å²) in [5.74, 6) is -0.0454. The molecule has 1 aromatic heterocycles. The van der Waals surface area contributed by atoms with Gasteiger partial charge in [0.25, 0.3) is 0 Å². The van der Waals surface area contributed by atoms with E-state index < -0.39 is 29.8 Å². The summed E-state index contributed by atoms with van der Waals surface area (Å²) in [7, 11) is -8.78. The zero-order valence-electron chi connectivity index (χ0n) is 15.7. The fourth-order valence-corrected chi connectivity index (χ4v) is 5.55. The molecule has 1 aromatic carbocycles. The van der Waals surface area contributed by atoms with Gasteiger partial charge in [-0.05, 0) is 29.3 Å². The molecule has 0 spiro atoms. The minimum atomic E-state index is -4.53. The number of nitrogens with two attached hydrogens (primary N) is 3. The second-order valence-corrected chi connectivity index (χ2v) is 9.39. The summed E-state index contributed by atoms with van der Waals surface area (Å²) in [4.78, 5) is 7.03. The van der Waals surface area contributed by atoms with Gasteiger partial charge in [0.2, 0.25) is 20.0 Å². The van der Waals surface area contributed by atoms with E-state index in [4.69, 9.17) is 16.6 Å². The van der Waals surface area contributed by atoms with Crippen molar-refractivity contribution >= 4 is 25.9 Å². The normalized spacial score (nSPS) is 14.2. The Bertz CT molecular complexity index is 1240. The molecule has 14 heteroatoms. The van der Waals surface area contributed by atoms with Crippen LogP contribution in [0.1, 0.15) is 11.3 Å². The van der Waals surface area contributed by atoms with E-state index in [1.807, 2.05) is 0 Å². The number of pyridine rings is 1. The fourth-order valence-electron chi connectivity index (χ4n) is 2.91. The molecule has 0 atom stereocenters. The Labute approximate surface area is 173 Å². The van der Waals surface area contributed by atoms with Crippen LogP contribution in [0.3, 0.4) is 0 Å². The number of hydrogen-bond donors (Lipinski definition) is 4. The first kappa shape index (κ1) is 22.1. The van der Waals surface area contributed by atoms with Gasteiger partial charge in [-0.2, -0.15) is 5.11 Å². The van der Waals surface area contributed by atoms with Crippen molar-refractivity contribution in [1.82, 2.24) is 9.71 Å². The molecule has 160 valence electrons.